The molecule has 1 saturated heterocycles. The summed E-state index contributed by atoms with van der Waals surface area (Å²) in [5.41, 5.74) is 0.831. The number of nitrogens with zero attached hydrogens (tertiary/aromatic N) is 3. The average Bonchev–Trinajstić information content (AvgIpc) is 3.25. The zero-order valence-corrected chi connectivity index (χ0v) is 20.2. The second-order valence-corrected chi connectivity index (χ2v) is 9.10. The van der Waals surface area contributed by atoms with Gasteiger partial charge in [0.05, 0.1) is 30.0 Å². The van der Waals surface area contributed by atoms with Crippen LogP contribution in [0, 0.1) is 0 Å². The fourth-order valence-electron chi connectivity index (χ4n) is 3.63. The number of halogens is 1. The summed E-state index contributed by atoms with van der Waals surface area (Å²) in [6.07, 6.45) is 0.839. The van der Waals surface area contributed by atoms with Gasteiger partial charge in [-0.1, -0.05) is 22.9 Å². The maximum absolute atomic E-state index is 13.2. The van der Waals surface area contributed by atoms with Crippen LogP contribution in [0.3, 0.4) is 0 Å². The lowest BCUT2D eigenvalue weighted by atomic mass is 10.3. The monoisotopic (exact) mass is 489 g/mol. The second kappa shape index (κ2) is 11.7. The van der Waals surface area contributed by atoms with E-state index >= 15 is 0 Å². The van der Waals surface area contributed by atoms with Gasteiger partial charge in [-0.2, -0.15) is 0 Å². The van der Waals surface area contributed by atoms with Gasteiger partial charge in [0.2, 0.25) is 0 Å². The molecule has 33 heavy (non-hydrogen) atoms. The van der Waals surface area contributed by atoms with Crippen LogP contribution in [0.2, 0.25) is 5.02 Å². The van der Waals surface area contributed by atoms with Gasteiger partial charge in [0, 0.05) is 31.2 Å². The van der Waals surface area contributed by atoms with Crippen LogP contribution in [-0.4, -0.2) is 68.4 Å². The van der Waals surface area contributed by atoms with E-state index in [4.69, 9.17) is 25.8 Å². The van der Waals surface area contributed by atoms with E-state index in [2.05, 4.69) is 9.88 Å². The first kappa shape index (κ1) is 23.8. The number of carbonyl (C=O) groups excluding carboxylic acids is 1. The highest BCUT2D eigenvalue weighted by Gasteiger charge is 2.21. The van der Waals surface area contributed by atoms with Crippen LogP contribution < -0.4 is 14.4 Å². The summed E-state index contributed by atoms with van der Waals surface area (Å²) < 4.78 is 17.6. The molecule has 0 unspecified atom stereocenters. The van der Waals surface area contributed by atoms with Crippen molar-refractivity contribution >= 4 is 44.2 Å². The van der Waals surface area contributed by atoms with E-state index in [0.29, 0.717) is 29.1 Å². The van der Waals surface area contributed by atoms with Gasteiger partial charge in [0.15, 0.2) is 11.7 Å². The quantitative estimate of drug-likeness (QED) is 0.418. The number of thiazole rings is 1. The lowest BCUT2D eigenvalue weighted by Gasteiger charge is -2.27. The Morgan fingerprint density at radius 2 is 1.88 bits per heavy atom. The van der Waals surface area contributed by atoms with Gasteiger partial charge < -0.3 is 14.2 Å². The number of amides is 1. The summed E-state index contributed by atoms with van der Waals surface area (Å²) >= 11 is 7.61. The Hall–Kier alpha value is -2.39. The molecule has 1 aliphatic heterocycles. The largest absolute Gasteiger partial charge is 0.494 e. The van der Waals surface area contributed by atoms with Crippen molar-refractivity contribution in [2.24, 2.45) is 0 Å². The first-order chi connectivity index (χ1) is 16.1. The number of morpholine rings is 1. The number of anilines is 1. The zero-order chi connectivity index (χ0) is 23.0. The maximum Gasteiger partial charge on any atom is 0.266 e. The molecule has 0 aliphatic carbocycles. The first-order valence-corrected chi connectivity index (χ1v) is 12.3. The average molecular weight is 490 g/mol. The Bertz CT molecular complexity index is 1050. The molecule has 0 N–H and O–H groups in total. The number of benzene rings is 2. The van der Waals surface area contributed by atoms with E-state index in [-0.39, 0.29) is 12.5 Å². The summed E-state index contributed by atoms with van der Waals surface area (Å²) in [5, 5.41) is 1.32. The molecule has 4 rings (SSSR count). The van der Waals surface area contributed by atoms with Gasteiger partial charge in [-0.25, -0.2) is 4.98 Å². The molecule has 0 radical (unpaired) electrons. The standard InChI is InChI=1S/C24H28ClN3O4S/c1-2-31-19-5-7-20(8-6-19)32-17-23(29)28(11-3-10-27-12-14-30-15-13-27)24-26-21-9-4-18(25)16-22(21)33-24/h4-9,16H,2-3,10-15,17H2,1H3. The Balaban J connectivity index is 1.43. The van der Waals surface area contributed by atoms with Gasteiger partial charge in [-0.3, -0.25) is 14.6 Å². The molecule has 7 nitrogen and oxygen atoms in total. The number of aromatic nitrogens is 1. The minimum atomic E-state index is -0.129. The van der Waals surface area contributed by atoms with E-state index < -0.39 is 0 Å². The Labute approximate surface area is 202 Å². The number of hydrogen-bond donors (Lipinski definition) is 0. The SMILES string of the molecule is CCOc1ccc(OCC(=O)N(CCCN2CCOCC2)c2nc3ccc(Cl)cc3s2)cc1. The first-order valence-electron chi connectivity index (χ1n) is 11.1. The van der Waals surface area contributed by atoms with Crippen molar-refractivity contribution in [1.82, 2.24) is 9.88 Å². The van der Waals surface area contributed by atoms with Crippen LogP contribution in [0.4, 0.5) is 5.13 Å². The molecule has 1 aliphatic rings. The van der Waals surface area contributed by atoms with Crippen molar-refractivity contribution < 1.29 is 19.0 Å². The Kier molecular flexibility index (Phi) is 8.39. The lowest BCUT2D eigenvalue weighted by molar-refractivity contribution is -0.120. The van der Waals surface area contributed by atoms with Gasteiger partial charge in [-0.15, -0.1) is 0 Å². The van der Waals surface area contributed by atoms with Crippen molar-refractivity contribution in [3.8, 4) is 11.5 Å². The highest BCUT2D eigenvalue weighted by molar-refractivity contribution is 7.22. The molecule has 1 aromatic heterocycles. The van der Waals surface area contributed by atoms with E-state index in [1.54, 1.807) is 17.0 Å². The third-order valence-corrected chi connectivity index (χ3v) is 6.60. The van der Waals surface area contributed by atoms with Gasteiger partial charge >= 0.3 is 0 Å². The van der Waals surface area contributed by atoms with Crippen LogP contribution in [0.25, 0.3) is 10.2 Å². The molecule has 0 saturated carbocycles. The van der Waals surface area contributed by atoms with Crippen molar-refractivity contribution in [3.05, 3.63) is 47.5 Å². The molecule has 0 spiro atoms. The molecule has 0 bridgehead atoms. The van der Waals surface area contributed by atoms with Crippen LogP contribution >= 0.6 is 22.9 Å². The van der Waals surface area contributed by atoms with Gasteiger partial charge in [0.1, 0.15) is 11.5 Å². The fraction of sp³-hybridized carbons (Fsp3) is 0.417. The summed E-state index contributed by atoms with van der Waals surface area (Å²) in [6, 6.07) is 12.9. The minimum absolute atomic E-state index is 0.0672. The third kappa shape index (κ3) is 6.57. The maximum atomic E-state index is 13.2. The van der Waals surface area contributed by atoms with Crippen LogP contribution in [0.1, 0.15) is 13.3 Å². The summed E-state index contributed by atoms with van der Waals surface area (Å²) in [6.45, 7) is 7.32. The van der Waals surface area contributed by atoms with Gasteiger partial charge in [-0.05, 0) is 55.8 Å². The predicted octanol–water partition coefficient (Wildman–Crippen LogP) is 4.48. The molecule has 0 atom stereocenters. The predicted molar refractivity (Wildman–Crippen MR) is 132 cm³/mol. The van der Waals surface area contributed by atoms with Crippen molar-refractivity contribution in [2.45, 2.75) is 13.3 Å². The summed E-state index contributed by atoms with van der Waals surface area (Å²) in [5.74, 6) is 1.27. The molecular weight excluding hydrogens is 462 g/mol. The number of carbonyl (C=O) groups is 1. The molecule has 1 amide bonds. The molecule has 1 fully saturated rings. The van der Waals surface area contributed by atoms with Crippen molar-refractivity contribution in [2.75, 3.05) is 57.5 Å². The van der Waals surface area contributed by atoms with Crippen molar-refractivity contribution in [3.63, 3.8) is 0 Å². The molecule has 2 heterocycles. The smallest absolute Gasteiger partial charge is 0.266 e. The van der Waals surface area contributed by atoms with Crippen LogP contribution in [-0.2, 0) is 9.53 Å². The number of hydrogen-bond acceptors (Lipinski definition) is 7. The topological polar surface area (TPSA) is 64.1 Å². The fourth-order valence-corrected chi connectivity index (χ4v) is 4.91. The highest BCUT2D eigenvalue weighted by Crippen LogP contribution is 2.31. The third-order valence-electron chi connectivity index (χ3n) is 5.33. The van der Waals surface area contributed by atoms with E-state index in [9.17, 15) is 4.79 Å². The normalized spacial score (nSPS) is 14.4. The molecule has 3 aromatic rings. The van der Waals surface area contributed by atoms with Crippen LogP contribution in [0.5, 0.6) is 11.5 Å². The number of ether oxygens (including phenoxy) is 3. The number of fused-ring (bicyclic) bond motifs is 1. The zero-order valence-electron chi connectivity index (χ0n) is 18.7. The minimum Gasteiger partial charge on any atom is -0.494 e. The van der Waals surface area contributed by atoms with Crippen molar-refractivity contribution in [1.29, 1.82) is 0 Å². The summed E-state index contributed by atoms with van der Waals surface area (Å²) in [4.78, 5) is 22.0. The summed E-state index contributed by atoms with van der Waals surface area (Å²) in [7, 11) is 0. The van der Waals surface area contributed by atoms with E-state index in [0.717, 1.165) is 55.2 Å². The second-order valence-electron chi connectivity index (χ2n) is 7.65. The van der Waals surface area contributed by atoms with Crippen LogP contribution in [0.15, 0.2) is 42.5 Å². The molecule has 9 heteroatoms. The molecular formula is C24H28ClN3O4S. The molecule has 176 valence electrons. The van der Waals surface area contributed by atoms with Gasteiger partial charge in [0.25, 0.3) is 5.91 Å². The number of rotatable bonds is 10. The Morgan fingerprint density at radius 3 is 2.61 bits per heavy atom. The highest BCUT2D eigenvalue weighted by atomic mass is 35.5. The van der Waals surface area contributed by atoms with E-state index in [1.165, 1.54) is 11.3 Å². The Morgan fingerprint density at radius 1 is 1.15 bits per heavy atom. The molecule has 2 aromatic carbocycles. The van der Waals surface area contributed by atoms with E-state index in [1.807, 2.05) is 37.3 Å². The lowest BCUT2D eigenvalue weighted by Crippen LogP contribution is -2.40.